The zero-order valence-electron chi connectivity index (χ0n) is 11.9. The molecule has 0 radical (unpaired) electrons. The van der Waals surface area contributed by atoms with Gasteiger partial charge in [-0.2, -0.15) is 0 Å². The van der Waals surface area contributed by atoms with Gasteiger partial charge in [0.2, 0.25) is 0 Å². The monoisotopic (exact) mass is 233 g/mol. The van der Waals surface area contributed by atoms with Gasteiger partial charge in [-0.05, 0) is 39.3 Å². The summed E-state index contributed by atoms with van der Waals surface area (Å²) in [4.78, 5) is 2.52. The molecule has 1 aromatic carbocycles. The van der Waals surface area contributed by atoms with E-state index in [2.05, 4.69) is 62.9 Å². The molecule has 96 valence electrons. The average molecular weight is 233 g/mol. The minimum Gasteiger partial charge on any atom is -0.367 e. The Bertz CT molecular complexity index is 297. The van der Waals surface area contributed by atoms with E-state index in [0.29, 0.717) is 0 Å². The van der Waals surface area contributed by atoms with Crippen molar-refractivity contribution in [2.24, 2.45) is 0 Å². The molecule has 0 aromatic heterocycles. The van der Waals surface area contributed by atoms with Crippen LogP contribution in [0.4, 0.5) is 5.69 Å². The molecule has 0 aliphatic heterocycles. The first kappa shape index (κ1) is 14.1. The third-order valence-corrected chi connectivity index (χ3v) is 3.11. The highest BCUT2D eigenvalue weighted by molar-refractivity contribution is 5.48. The van der Waals surface area contributed by atoms with Crippen molar-refractivity contribution >= 4 is 5.69 Å². The summed E-state index contributed by atoms with van der Waals surface area (Å²) >= 11 is 0. The molecule has 0 unspecified atom stereocenters. The molecule has 0 spiro atoms. The number of hydrogen-bond acceptors (Lipinski definition) is 1. The van der Waals surface area contributed by atoms with Crippen LogP contribution in [0.15, 0.2) is 30.3 Å². The molecule has 0 fully saturated rings. The molecule has 0 saturated carbocycles. The van der Waals surface area contributed by atoms with Crippen LogP contribution in [0.25, 0.3) is 0 Å². The number of para-hydroxylation sites is 1. The van der Waals surface area contributed by atoms with Crippen molar-refractivity contribution in [1.82, 2.24) is 0 Å². The Morgan fingerprint density at radius 2 is 1.59 bits per heavy atom. The molecule has 0 amide bonds. The van der Waals surface area contributed by atoms with Crippen molar-refractivity contribution in [3.8, 4) is 0 Å². The van der Waals surface area contributed by atoms with E-state index in [-0.39, 0.29) is 5.54 Å². The summed E-state index contributed by atoms with van der Waals surface area (Å²) in [6, 6.07) is 10.8. The number of nitrogens with zero attached hydrogens (tertiary/aromatic N) is 1. The Kier molecular flexibility index (Phi) is 5.54. The van der Waals surface area contributed by atoms with Gasteiger partial charge in [0.25, 0.3) is 0 Å². The molecular formula is C16H27N. The van der Waals surface area contributed by atoms with Gasteiger partial charge in [-0.1, -0.05) is 44.4 Å². The third kappa shape index (κ3) is 4.80. The highest BCUT2D eigenvalue weighted by Gasteiger charge is 2.20. The highest BCUT2D eigenvalue weighted by atomic mass is 15.2. The molecule has 0 aliphatic rings. The van der Waals surface area contributed by atoms with Crippen LogP contribution in [0, 0.1) is 0 Å². The van der Waals surface area contributed by atoms with Crippen LogP contribution in [-0.4, -0.2) is 12.1 Å². The second kappa shape index (κ2) is 6.68. The molecular weight excluding hydrogens is 206 g/mol. The first-order valence-electron chi connectivity index (χ1n) is 6.88. The maximum absolute atomic E-state index is 2.52. The van der Waals surface area contributed by atoms with E-state index in [4.69, 9.17) is 0 Å². The van der Waals surface area contributed by atoms with E-state index in [1.54, 1.807) is 0 Å². The van der Waals surface area contributed by atoms with Crippen LogP contribution < -0.4 is 4.90 Å². The van der Waals surface area contributed by atoms with Crippen LogP contribution in [0.1, 0.15) is 53.4 Å². The molecule has 1 aromatic rings. The van der Waals surface area contributed by atoms with Gasteiger partial charge < -0.3 is 4.90 Å². The van der Waals surface area contributed by atoms with Gasteiger partial charge >= 0.3 is 0 Å². The summed E-state index contributed by atoms with van der Waals surface area (Å²) in [5.41, 5.74) is 1.55. The molecule has 17 heavy (non-hydrogen) atoms. The van der Waals surface area contributed by atoms with E-state index in [1.165, 1.54) is 31.4 Å². The van der Waals surface area contributed by atoms with Crippen molar-refractivity contribution in [3.63, 3.8) is 0 Å². The lowest BCUT2D eigenvalue weighted by Gasteiger charge is -2.38. The van der Waals surface area contributed by atoms with Gasteiger partial charge in [-0.15, -0.1) is 0 Å². The molecule has 0 heterocycles. The van der Waals surface area contributed by atoms with Gasteiger partial charge in [0.1, 0.15) is 0 Å². The lowest BCUT2D eigenvalue weighted by Crippen LogP contribution is -2.42. The van der Waals surface area contributed by atoms with Crippen LogP contribution in [0.2, 0.25) is 0 Å². The Balaban J connectivity index is 2.63. The molecule has 0 N–H and O–H groups in total. The van der Waals surface area contributed by atoms with E-state index in [9.17, 15) is 0 Å². The fraction of sp³-hybridized carbons (Fsp3) is 0.625. The molecule has 1 rings (SSSR count). The van der Waals surface area contributed by atoms with E-state index in [0.717, 1.165) is 6.54 Å². The Morgan fingerprint density at radius 1 is 0.941 bits per heavy atom. The van der Waals surface area contributed by atoms with Crippen molar-refractivity contribution in [2.45, 2.75) is 58.9 Å². The van der Waals surface area contributed by atoms with Gasteiger partial charge in [0, 0.05) is 17.8 Å². The van der Waals surface area contributed by atoms with Crippen molar-refractivity contribution in [2.75, 3.05) is 11.4 Å². The third-order valence-electron chi connectivity index (χ3n) is 3.11. The first-order chi connectivity index (χ1) is 8.05. The normalized spacial score (nSPS) is 11.5. The number of anilines is 1. The van der Waals surface area contributed by atoms with Crippen LogP contribution in [0.3, 0.4) is 0 Å². The largest absolute Gasteiger partial charge is 0.367 e. The Labute approximate surface area is 107 Å². The van der Waals surface area contributed by atoms with Gasteiger partial charge in [0.05, 0.1) is 0 Å². The van der Waals surface area contributed by atoms with Crippen LogP contribution in [0.5, 0.6) is 0 Å². The number of unbranched alkanes of at least 4 members (excludes halogenated alkanes) is 3. The fourth-order valence-corrected chi connectivity index (χ4v) is 2.16. The van der Waals surface area contributed by atoms with Gasteiger partial charge in [0.15, 0.2) is 0 Å². The minimum atomic E-state index is 0.202. The molecule has 0 saturated heterocycles. The number of rotatable bonds is 6. The predicted molar refractivity (Wildman–Crippen MR) is 77.7 cm³/mol. The van der Waals surface area contributed by atoms with Gasteiger partial charge in [-0.3, -0.25) is 0 Å². The lowest BCUT2D eigenvalue weighted by molar-refractivity contribution is 0.488. The smallest absolute Gasteiger partial charge is 0.0370 e. The summed E-state index contributed by atoms with van der Waals surface area (Å²) in [6.45, 7) is 10.3. The predicted octanol–water partition coefficient (Wildman–Crippen LogP) is 4.87. The zero-order valence-corrected chi connectivity index (χ0v) is 11.9. The van der Waals surface area contributed by atoms with E-state index in [1.807, 2.05) is 0 Å². The SMILES string of the molecule is CCCCCCN(c1ccccc1)C(C)(C)C. The number of benzene rings is 1. The standard InChI is InChI=1S/C16H27N/c1-5-6-7-11-14-17(16(2,3)4)15-12-9-8-10-13-15/h8-10,12-13H,5-7,11,14H2,1-4H3. The second-order valence-corrected chi connectivity index (χ2v) is 5.72. The van der Waals surface area contributed by atoms with Crippen molar-refractivity contribution < 1.29 is 0 Å². The molecule has 1 heteroatoms. The lowest BCUT2D eigenvalue weighted by atomic mass is 10.0. The summed E-state index contributed by atoms with van der Waals surface area (Å²) in [7, 11) is 0. The second-order valence-electron chi connectivity index (χ2n) is 5.72. The van der Waals surface area contributed by atoms with Gasteiger partial charge in [-0.25, -0.2) is 0 Å². The fourth-order valence-electron chi connectivity index (χ4n) is 2.16. The average Bonchev–Trinajstić information content (AvgIpc) is 2.28. The molecule has 0 aliphatic carbocycles. The summed E-state index contributed by atoms with van der Waals surface area (Å²) in [5, 5.41) is 0. The topological polar surface area (TPSA) is 3.24 Å². The van der Waals surface area contributed by atoms with E-state index < -0.39 is 0 Å². The van der Waals surface area contributed by atoms with E-state index >= 15 is 0 Å². The maximum Gasteiger partial charge on any atom is 0.0370 e. The summed E-state index contributed by atoms with van der Waals surface area (Å²) in [6.07, 6.45) is 5.30. The Morgan fingerprint density at radius 3 is 2.12 bits per heavy atom. The molecule has 0 bridgehead atoms. The maximum atomic E-state index is 2.52. The summed E-state index contributed by atoms with van der Waals surface area (Å²) < 4.78 is 0. The van der Waals surface area contributed by atoms with Crippen LogP contribution in [-0.2, 0) is 0 Å². The summed E-state index contributed by atoms with van der Waals surface area (Å²) in [5.74, 6) is 0. The van der Waals surface area contributed by atoms with Crippen molar-refractivity contribution in [3.05, 3.63) is 30.3 Å². The van der Waals surface area contributed by atoms with Crippen molar-refractivity contribution in [1.29, 1.82) is 0 Å². The van der Waals surface area contributed by atoms with Crippen LogP contribution >= 0.6 is 0 Å². The quantitative estimate of drug-likeness (QED) is 0.633. The first-order valence-corrected chi connectivity index (χ1v) is 6.88. The highest BCUT2D eigenvalue weighted by Crippen LogP contribution is 2.24. The molecule has 1 nitrogen and oxygen atoms in total. The zero-order chi connectivity index (χ0) is 12.7. The molecule has 0 atom stereocenters. The number of hydrogen-bond donors (Lipinski definition) is 0. The Hall–Kier alpha value is -0.980. The minimum absolute atomic E-state index is 0.202.